The number of aliphatic hydroxyl groups excluding tert-OH is 1. The summed E-state index contributed by atoms with van der Waals surface area (Å²) in [6.45, 7) is 3.37. The molecule has 0 saturated heterocycles. The van der Waals surface area contributed by atoms with Gasteiger partial charge in [0.25, 0.3) is 0 Å². The number of aliphatic imine (C=N–C) groups is 1. The van der Waals surface area contributed by atoms with E-state index >= 15 is 0 Å². The molecule has 4 rings (SSSR count). The van der Waals surface area contributed by atoms with Crippen LogP contribution in [0.2, 0.25) is 0 Å². The summed E-state index contributed by atoms with van der Waals surface area (Å²) in [5.74, 6) is 2.33. The van der Waals surface area contributed by atoms with E-state index in [-0.39, 0.29) is 0 Å². The van der Waals surface area contributed by atoms with Gasteiger partial charge < -0.3 is 20.2 Å². The third-order valence-electron chi connectivity index (χ3n) is 4.24. The normalized spacial score (nSPS) is 13.0. The largest absolute Gasteiger partial charge is 0.461 e. The zero-order valence-corrected chi connectivity index (χ0v) is 16.7. The summed E-state index contributed by atoms with van der Waals surface area (Å²) in [6.07, 6.45) is 0.964. The lowest BCUT2D eigenvalue weighted by molar-refractivity contribution is 0.184. The minimum atomic E-state index is -0.618. The molecule has 0 fully saturated rings. The summed E-state index contributed by atoms with van der Waals surface area (Å²) >= 11 is 1.60. The number of aromatic amines is 1. The monoisotopic (exact) mass is 410 g/mol. The highest BCUT2D eigenvalue weighted by Crippen LogP contribution is 2.29. The minimum absolute atomic E-state index is 0.321. The maximum Gasteiger partial charge on any atom is 0.216 e. The number of hydrogen-bond donors (Lipinski definition) is 4. The van der Waals surface area contributed by atoms with Crippen molar-refractivity contribution in [1.29, 1.82) is 0 Å². The lowest BCUT2D eigenvalue weighted by atomic mass is 10.2. The van der Waals surface area contributed by atoms with Gasteiger partial charge >= 0.3 is 0 Å². The third kappa shape index (κ3) is 4.64. The van der Waals surface area contributed by atoms with E-state index in [4.69, 9.17) is 4.42 Å². The molecule has 1 unspecified atom stereocenters. The van der Waals surface area contributed by atoms with Crippen LogP contribution in [-0.4, -0.2) is 39.3 Å². The Hall–Kier alpha value is -3.17. The molecule has 0 aliphatic rings. The van der Waals surface area contributed by atoms with Gasteiger partial charge in [0.1, 0.15) is 18.5 Å². The van der Waals surface area contributed by atoms with Crippen LogP contribution in [0, 0.1) is 0 Å². The zero-order chi connectivity index (χ0) is 20.1. The fraction of sp³-hybridized carbons (Fsp3) is 0.250. The maximum atomic E-state index is 10.6. The first-order chi connectivity index (χ1) is 14.2. The Morgan fingerprint density at radius 1 is 1.28 bits per heavy atom. The average Bonchev–Trinajstić information content (AvgIpc) is 3.49. The first-order valence-electron chi connectivity index (χ1n) is 9.37. The maximum absolute atomic E-state index is 10.6. The van der Waals surface area contributed by atoms with Crippen molar-refractivity contribution in [2.75, 3.05) is 13.1 Å². The standard InChI is InChI=1S/C20H22N6O2S/c1-2-21-20(23-12-18-24-19(26-25-18)15-7-5-9-28-15)22-11-14(27)17-10-13-6-3-4-8-16(13)29-17/h3-10,14,27H,2,11-12H2,1H3,(H2,21,22,23)(H,24,25,26). The number of guanidine groups is 1. The van der Waals surface area contributed by atoms with Crippen LogP contribution in [-0.2, 0) is 6.54 Å². The number of H-pyrrole nitrogens is 1. The molecule has 0 saturated carbocycles. The van der Waals surface area contributed by atoms with Gasteiger partial charge in [0, 0.05) is 22.7 Å². The molecule has 3 heterocycles. The summed E-state index contributed by atoms with van der Waals surface area (Å²) in [6, 6.07) is 13.7. The molecule has 150 valence electrons. The molecule has 0 bridgehead atoms. The highest BCUT2D eigenvalue weighted by atomic mass is 32.1. The van der Waals surface area contributed by atoms with Crippen LogP contribution < -0.4 is 10.6 Å². The number of aromatic nitrogens is 3. The van der Waals surface area contributed by atoms with Gasteiger partial charge in [0.15, 0.2) is 11.7 Å². The molecule has 1 aromatic carbocycles. The van der Waals surface area contributed by atoms with Crippen molar-refractivity contribution in [3.63, 3.8) is 0 Å². The van der Waals surface area contributed by atoms with E-state index in [1.165, 1.54) is 4.70 Å². The highest BCUT2D eigenvalue weighted by molar-refractivity contribution is 7.19. The Morgan fingerprint density at radius 3 is 2.97 bits per heavy atom. The fourth-order valence-corrected chi connectivity index (χ4v) is 3.89. The SMILES string of the molecule is CCNC(=NCc1nc(-c2ccco2)n[nH]1)NCC(O)c1cc2ccccc2s1. The number of rotatable bonds is 7. The van der Waals surface area contributed by atoms with E-state index in [1.807, 2.05) is 25.1 Å². The van der Waals surface area contributed by atoms with Crippen molar-refractivity contribution < 1.29 is 9.52 Å². The van der Waals surface area contributed by atoms with Crippen LogP contribution in [0.3, 0.4) is 0 Å². The molecule has 0 amide bonds. The molecule has 1 atom stereocenters. The van der Waals surface area contributed by atoms with Gasteiger partial charge in [-0.3, -0.25) is 5.10 Å². The van der Waals surface area contributed by atoms with E-state index in [2.05, 4.69) is 42.9 Å². The number of nitrogens with zero attached hydrogens (tertiary/aromatic N) is 3. The predicted molar refractivity (Wildman–Crippen MR) is 114 cm³/mol. The van der Waals surface area contributed by atoms with Crippen molar-refractivity contribution in [3.05, 3.63) is 59.4 Å². The smallest absolute Gasteiger partial charge is 0.216 e. The van der Waals surface area contributed by atoms with Crippen LogP contribution in [0.15, 0.2) is 58.1 Å². The van der Waals surface area contributed by atoms with Crippen molar-refractivity contribution >= 4 is 27.4 Å². The molecular formula is C20H22N6O2S. The Kier molecular flexibility index (Phi) is 5.87. The van der Waals surface area contributed by atoms with E-state index < -0.39 is 6.10 Å². The highest BCUT2D eigenvalue weighted by Gasteiger charge is 2.13. The van der Waals surface area contributed by atoms with Crippen LogP contribution in [0.25, 0.3) is 21.7 Å². The molecule has 4 N–H and O–H groups in total. The number of aliphatic hydroxyl groups is 1. The molecule has 0 spiro atoms. The van der Waals surface area contributed by atoms with Gasteiger partial charge in [-0.05, 0) is 36.6 Å². The fourth-order valence-electron chi connectivity index (χ4n) is 2.84. The van der Waals surface area contributed by atoms with E-state index in [0.29, 0.717) is 43.0 Å². The summed E-state index contributed by atoms with van der Waals surface area (Å²) in [7, 11) is 0. The third-order valence-corrected chi connectivity index (χ3v) is 5.46. The second-order valence-electron chi connectivity index (χ2n) is 6.36. The number of nitrogens with one attached hydrogen (secondary N) is 3. The number of thiophene rings is 1. The second kappa shape index (κ2) is 8.89. The lowest BCUT2D eigenvalue weighted by Crippen LogP contribution is -2.39. The van der Waals surface area contributed by atoms with E-state index in [0.717, 1.165) is 10.3 Å². The topological polar surface area (TPSA) is 111 Å². The molecule has 0 radical (unpaired) electrons. The van der Waals surface area contributed by atoms with E-state index in [9.17, 15) is 5.11 Å². The number of benzene rings is 1. The Bertz CT molecular complexity index is 1050. The molecule has 0 aliphatic carbocycles. The van der Waals surface area contributed by atoms with Crippen molar-refractivity contribution in [3.8, 4) is 11.6 Å². The Morgan fingerprint density at radius 2 is 2.17 bits per heavy atom. The van der Waals surface area contributed by atoms with Crippen molar-refractivity contribution in [2.45, 2.75) is 19.6 Å². The van der Waals surface area contributed by atoms with Crippen LogP contribution in [0.4, 0.5) is 0 Å². The molecule has 3 aromatic heterocycles. The summed E-state index contributed by atoms with van der Waals surface area (Å²) < 4.78 is 6.46. The number of fused-ring (bicyclic) bond motifs is 1. The summed E-state index contributed by atoms with van der Waals surface area (Å²) in [5, 5.41) is 25.1. The van der Waals surface area contributed by atoms with Crippen LogP contribution in [0.1, 0.15) is 23.7 Å². The summed E-state index contributed by atoms with van der Waals surface area (Å²) in [5.41, 5.74) is 0. The molecular weight excluding hydrogens is 388 g/mol. The van der Waals surface area contributed by atoms with Crippen molar-refractivity contribution in [2.24, 2.45) is 4.99 Å². The summed E-state index contributed by atoms with van der Waals surface area (Å²) in [4.78, 5) is 9.81. The molecule has 29 heavy (non-hydrogen) atoms. The van der Waals surface area contributed by atoms with Crippen LogP contribution >= 0.6 is 11.3 Å². The number of furan rings is 1. The second-order valence-corrected chi connectivity index (χ2v) is 7.48. The van der Waals surface area contributed by atoms with Crippen LogP contribution in [0.5, 0.6) is 0 Å². The van der Waals surface area contributed by atoms with E-state index in [1.54, 1.807) is 29.7 Å². The van der Waals surface area contributed by atoms with Gasteiger partial charge in [-0.25, -0.2) is 9.98 Å². The zero-order valence-electron chi connectivity index (χ0n) is 15.9. The number of hydrogen-bond acceptors (Lipinski definition) is 6. The molecule has 0 aliphatic heterocycles. The van der Waals surface area contributed by atoms with Gasteiger partial charge in [-0.15, -0.1) is 16.4 Å². The average molecular weight is 411 g/mol. The first-order valence-corrected chi connectivity index (χ1v) is 10.2. The first kappa shape index (κ1) is 19.2. The van der Waals surface area contributed by atoms with Gasteiger partial charge in [0.2, 0.25) is 5.82 Å². The lowest BCUT2D eigenvalue weighted by Gasteiger charge is -2.14. The van der Waals surface area contributed by atoms with Gasteiger partial charge in [0.05, 0.1) is 6.26 Å². The Balaban J connectivity index is 1.38. The molecule has 8 nitrogen and oxygen atoms in total. The van der Waals surface area contributed by atoms with Crippen molar-refractivity contribution in [1.82, 2.24) is 25.8 Å². The Labute approximate surface area is 171 Å². The molecule has 9 heteroatoms. The minimum Gasteiger partial charge on any atom is -0.461 e. The predicted octanol–water partition coefficient (Wildman–Crippen LogP) is 3.07. The molecule has 4 aromatic rings. The quantitative estimate of drug-likeness (QED) is 0.275. The van der Waals surface area contributed by atoms with Gasteiger partial charge in [-0.1, -0.05) is 18.2 Å². The van der Waals surface area contributed by atoms with Gasteiger partial charge in [-0.2, -0.15) is 0 Å².